The maximum absolute atomic E-state index is 12.3. The lowest BCUT2D eigenvalue weighted by Gasteiger charge is -2.18. The molecule has 2 rings (SSSR count). The van der Waals surface area contributed by atoms with Crippen molar-refractivity contribution in [3.8, 4) is 0 Å². The van der Waals surface area contributed by atoms with E-state index in [1.54, 1.807) is 19.2 Å². The van der Waals surface area contributed by atoms with Crippen LogP contribution >= 0.6 is 11.6 Å². The molecule has 0 radical (unpaired) electrons. The van der Waals surface area contributed by atoms with Crippen molar-refractivity contribution >= 4 is 23.2 Å². The van der Waals surface area contributed by atoms with Crippen molar-refractivity contribution < 1.29 is 9.72 Å². The Morgan fingerprint density at radius 2 is 1.86 bits per heavy atom. The molecule has 2 aromatic carbocycles. The van der Waals surface area contributed by atoms with Gasteiger partial charge in [-0.2, -0.15) is 0 Å². The zero-order chi connectivity index (χ0) is 16.3. The highest BCUT2D eigenvalue weighted by atomic mass is 35.5. The van der Waals surface area contributed by atoms with Crippen molar-refractivity contribution in [1.82, 2.24) is 4.90 Å². The van der Waals surface area contributed by atoms with Gasteiger partial charge < -0.3 is 4.90 Å². The Hall–Kier alpha value is -2.40. The quantitative estimate of drug-likeness (QED) is 0.635. The molecule has 0 saturated carbocycles. The van der Waals surface area contributed by atoms with Crippen LogP contribution in [0.25, 0.3) is 0 Å². The van der Waals surface area contributed by atoms with E-state index in [-0.39, 0.29) is 18.1 Å². The third kappa shape index (κ3) is 3.62. The van der Waals surface area contributed by atoms with Gasteiger partial charge in [0.1, 0.15) is 0 Å². The molecule has 0 heterocycles. The summed E-state index contributed by atoms with van der Waals surface area (Å²) in [7, 11) is 1.64. The van der Waals surface area contributed by atoms with Crippen LogP contribution < -0.4 is 0 Å². The lowest BCUT2D eigenvalue weighted by atomic mass is 10.1. The molecule has 22 heavy (non-hydrogen) atoms. The summed E-state index contributed by atoms with van der Waals surface area (Å²) >= 11 is 6.06. The molecule has 0 N–H and O–H groups in total. The minimum atomic E-state index is -0.485. The van der Waals surface area contributed by atoms with Gasteiger partial charge >= 0.3 is 0 Å². The highest BCUT2D eigenvalue weighted by Crippen LogP contribution is 2.23. The predicted molar refractivity (Wildman–Crippen MR) is 85.1 cm³/mol. The van der Waals surface area contributed by atoms with Crippen LogP contribution in [0.3, 0.4) is 0 Å². The van der Waals surface area contributed by atoms with Crippen LogP contribution in [0.5, 0.6) is 0 Å². The largest absolute Gasteiger partial charge is 0.337 e. The summed E-state index contributed by atoms with van der Waals surface area (Å²) in [6.07, 6.45) is 0. The highest BCUT2D eigenvalue weighted by Gasteiger charge is 2.15. The fourth-order valence-corrected chi connectivity index (χ4v) is 2.22. The highest BCUT2D eigenvalue weighted by molar-refractivity contribution is 6.31. The van der Waals surface area contributed by atoms with Gasteiger partial charge in [0.2, 0.25) is 0 Å². The van der Waals surface area contributed by atoms with Crippen molar-refractivity contribution in [3.63, 3.8) is 0 Å². The topological polar surface area (TPSA) is 63.5 Å². The van der Waals surface area contributed by atoms with Crippen molar-refractivity contribution in [2.45, 2.75) is 13.5 Å². The number of rotatable bonds is 4. The second-order valence-corrected chi connectivity index (χ2v) is 5.47. The Balaban J connectivity index is 2.19. The average molecular weight is 319 g/mol. The number of halogens is 1. The predicted octanol–water partition coefficient (Wildman–Crippen LogP) is 3.83. The second-order valence-electron chi connectivity index (χ2n) is 5.06. The van der Waals surface area contributed by atoms with Gasteiger partial charge in [0, 0.05) is 36.3 Å². The number of benzene rings is 2. The van der Waals surface area contributed by atoms with Gasteiger partial charge in [-0.15, -0.1) is 0 Å². The van der Waals surface area contributed by atoms with E-state index >= 15 is 0 Å². The maximum atomic E-state index is 12.3. The smallest absolute Gasteiger partial charge is 0.269 e. The van der Waals surface area contributed by atoms with E-state index in [2.05, 4.69) is 0 Å². The number of nitrogens with zero attached hydrogens (tertiary/aromatic N) is 2. The lowest BCUT2D eigenvalue weighted by molar-refractivity contribution is -0.384. The first kappa shape index (κ1) is 16.0. The molecule has 0 aliphatic carbocycles. The summed E-state index contributed by atoms with van der Waals surface area (Å²) in [5.74, 6) is -0.164. The Morgan fingerprint density at radius 1 is 1.23 bits per heavy atom. The van der Waals surface area contributed by atoms with Crippen LogP contribution in [0, 0.1) is 17.0 Å². The van der Waals surface area contributed by atoms with E-state index in [4.69, 9.17) is 11.6 Å². The SMILES string of the molecule is Cc1ccc(C(=O)N(C)Cc2cc([N+](=O)[O-])ccc2Cl)cc1. The Morgan fingerprint density at radius 3 is 2.45 bits per heavy atom. The Bertz CT molecular complexity index is 714. The first-order valence-corrected chi connectivity index (χ1v) is 7.01. The molecule has 1 amide bonds. The molecule has 5 nitrogen and oxygen atoms in total. The summed E-state index contributed by atoms with van der Waals surface area (Å²) in [6.45, 7) is 2.15. The number of aryl methyl sites for hydroxylation is 1. The minimum Gasteiger partial charge on any atom is -0.337 e. The molecule has 2 aromatic rings. The van der Waals surface area contributed by atoms with Gasteiger partial charge in [0.05, 0.1) is 4.92 Å². The second kappa shape index (κ2) is 6.58. The molecule has 114 valence electrons. The van der Waals surface area contributed by atoms with Gasteiger partial charge in [-0.1, -0.05) is 29.3 Å². The fourth-order valence-electron chi connectivity index (χ4n) is 2.04. The van der Waals surface area contributed by atoms with Gasteiger partial charge in [-0.25, -0.2) is 0 Å². The molecule has 0 aromatic heterocycles. The third-order valence-electron chi connectivity index (χ3n) is 3.29. The summed E-state index contributed by atoms with van der Waals surface area (Å²) in [4.78, 5) is 24.2. The van der Waals surface area contributed by atoms with E-state index in [0.717, 1.165) is 5.56 Å². The number of carbonyl (C=O) groups excluding carboxylic acids is 1. The molecule has 0 fully saturated rings. The number of hydrogen-bond acceptors (Lipinski definition) is 3. The molecule has 0 aliphatic rings. The van der Waals surface area contributed by atoms with E-state index < -0.39 is 4.92 Å². The number of non-ortho nitro benzene ring substituents is 1. The molecule has 6 heteroatoms. The van der Waals surface area contributed by atoms with Gasteiger partial charge in [-0.3, -0.25) is 14.9 Å². The van der Waals surface area contributed by atoms with Crippen LogP contribution in [-0.4, -0.2) is 22.8 Å². The number of amides is 1. The normalized spacial score (nSPS) is 10.3. The maximum Gasteiger partial charge on any atom is 0.269 e. The van der Waals surface area contributed by atoms with Gasteiger partial charge in [0.25, 0.3) is 11.6 Å². The molecule has 0 unspecified atom stereocenters. The van der Waals surface area contributed by atoms with Crippen molar-refractivity contribution in [2.75, 3.05) is 7.05 Å². The first-order chi connectivity index (χ1) is 10.4. The molecular formula is C16H15ClN2O3. The molecule has 0 bridgehead atoms. The standard InChI is InChI=1S/C16H15ClN2O3/c1-11-3-5-12(6-4-11)16(20)18(2)10-13-9-14(19(21)22)7-8-15(13)17/h3-9H,10H2,1-2H3. The Labute approximate surface area is 133 Å². The molecule has 0 aliphatic heterocycles. The van der Waals surface area contributed by atoms with E-state index in [1.165, 1.54) is 23.1 Å². The van der Waals surface area contributed by atoms with Crippen LogP contribution in [-0.2, 0) is 6.54 Å². The minimum absolute atomic E-state index is 0.0458. The van der Waals surface area contributed by atoms with Crippen LogP contribution in [0.2, 0.25) is 5.02 Å². The number of nitro groups is 1. The molecule has 0 spiro atoms. The average Bonchev–Trinajstić information content (AvgIpc) is 2.49. The number of hydrogen-bond donors (Lipinski definition) is 0. The summed E-state index contributed by atoms with van der Waals surface area (Å²) < 4.78 is 0. The van der Waals surface area contributed by atoms with Crippen LogP contribution in [0.15, 0.2) is 42.5 Å². The molecule has 0 atom stereocenters. The zero-order valence-electron chi connectivity index (χ0n) is 12.2. The molecular weight excluding hydrogens is 304 g/mol. The van der Waals surface area contributed by atoms with Crippen molar-refractivity contribution in [1.29, 1.82) is 0 Å². The fraction of sp³-hybridized carbons (Fsp3) is 0.188. The molecule has 0 saturated heterocycles. The van der Waals surface area contributed by atoms with E-state index in [9.17, 15) is 14.9 Å². The van der Waals surface area contributed by atoms with Crippen molar-refractivity contribution in [3.05, 3.63) is 74.3 Å². The van der Waals surface area contributed by atoms with Crippen LogP contribution in [0.1, 0.15) is 21.5 Å². The van der Waals surface area contributed by atoms with Gasteiger partial charge in [0.15, 0.2) is 0 Å². The van der Waals surface area contributed by atoms with Crippen LogP contribution in [0.4, 0.5) is 5.69 Å². The third-order valence-corrected chi connectivity index (χ3v) is 3.66. The monoisotopic (exact) mass is 318 g/mol. The Kier molecular flexibility index (Phi) is 4.78. The summed E-state index contributed by atoms with van der Waals surface area (Å²) in [5.41, 5.74) is 2.13. The number of nitro benzene ring substituents is 1. The van der Waals surface area contributed by atoms with Gasteiger partial charge in [-0.05, 0) is 30.7 Å². The van der Waals surface area contributed by atoms with Crippen molar-refractivity contribution in [2.24, 2.45) is 0 Å². The number of carbonyl (C=O) groups is 1. The summed E-state index contributed by atoms with van der Waals surface area (Å²) in [5, 5.41) is 11.2. The lowest BCUT2D eigenvalue weighted by Crippen LogP contribution is -2.26. The first-order valence-electron chi connectivity index (χ1n) is 6.63. The summed E-state index contributed by atoms with van der Waals surface area (Å²) in [6, 6.07) is 11.4. The zero-order valence-corrected chi connectivity index (χ0v) is 13.0. The van der Waals surface area contributed by atoms with E-state index in [1.807, 2.05) is 19.1 Å². The van der Waals surface area contributed by atoms with E-state index in [0.29, 0.717) is 16.1 Å².